The van der Waals surface area contributed by atoms with E-state index in [1.807, 2.05) is 45.8 Å². The molecule has 16 heteroatoms. The van der Waals surface area contributed by atoms with E-state index in [-0.39, 0.29) is 34.1 Å². The van der Waals surface area contributed by atoms with Gasteiger partial charge in [-0.2, -0.15) is 17.5 Å². The van der Waals surface area contributed by atoms with Crippen LogP contribution in [0.1, 0.15) is 51.4 Å². The number of ketones is 2. The monoisotopic (exact) mass is 722 g/mol. The minimum atomic E-state index is -0.619. The molecular weight excluding hydrogens is 705 g/mol. The number of carbonyl (C=O) groups is 4. The molecule has 0 saturated carbocycles. The van der Waals surface area contributed by atoms with Crippen molar-refractivity contribution in [1.29, 1.82) is 0 Å². The van der Waals surface area contributed by atoms with Gasteiger partial charge in [0.1, 0.15) is 11.0 Å². The number of benzene rings is 1. The average Bonchev–Trinajstić information content (AvgIpc) is 3.94. The van der Waals surface area contributed by atoms with E-state index in [1.165, 1.54) is 59.6 Å². The second-order valence-electron chi connectivity index (χ2n) is 8.97. The normalized spacial score (nSPS) is 10.7. The summed E-state index contributed by atoms with van der Waals surface area (Å²) in [5.74, 6) is -1.73. The minimum Gasteiger partial charge on any atom is -0.465 e. The van der Waals surface area contributed by atoms with Crippen LogP contribution in [0.4, 0.5) is 0 Å². The van der Waals surface area contributed by atoms with E-state index < -0.39 is 11.9 Å². The molecule has 10 nitrogen and oxygen atoms in total. The first-order chi connectivity index (χ1) is 22.4. The molecule has 0 N–H and O–H groups in total. The molecule has 0 unspecified atom stereocenters. The van der Waals surface area contributed by atoms with Crippen molar-refractivity contribution in [3.05, 3.63) is 102 Å². The Labute approximate surface area is 285 Å². The number of aromatic nitrogens is 4. The molecule has 230 valence electrons. The minimum absolute atomic E-state index is 0.144. The van der Waals surface area contributed by atoms with Gasteiger partial charge in [-0.15, -0.1) is 45.3 Å². The van der Waals surface area contributed by atoms with E-state index in [1.54, 1.807) is 24.3 Å². The first kappa shape index (κ1) is 31.7. The zero-order chi connectivity index (χ0) is 32.2. The molecule has 0 saturated heterocycles. The molecule has 7 aromatic rings. The number of fused-ring (bicyclic) bond motifs is 1. The molecule has 1 aromatic carbocycles. The van der Waals surface area contributed by atoms with Gasteiger partial charge in [-0.05, 0) is 45.8 Å². The third-order valence-electron chi connectivity index (χ3n) is 6.43. The van der Waals surface area contributed by atoms with Crippen LogP contribution < -0.4 is 0 Å². The Morgan fingerprint density at radius 3 is 1.28 bits per heavy atom. The molecule has 0 amide bonds. The SMILES string of the molecule is COC(=O)c1c(C(=O)OC)c(-c2cccs2)c2nsnc2c1-c1cccs1.O=C(c1cccs1)c1nsnc1C(=O)c1cccs1. The summed E-state index contributed by atoms with van der Waals surface area (Å²) in [7, 11) is 2.58. The van der Waals surface area contributed by atoms with Crippen LogP contribution in [0, 0.1) is 0 Å². The molecule has 0 aliphatic carbocycles. The number of hydrogen-bond donors (Lipinski definition) is 0. The summed E-state index contributed by atoms with van der Waals surface area (Å²) in [5.41, 5.74) is 2.81. The number of carbonyl (C=O) groups excluding carboxylic acids is 4. The van der Waals surface area contributed by atoms with Gasteiger partial charge in [0, 0.05) is 20.9 Å². The zero-order valence-electron chi connectivity index (χ0n) is 23.6. The molecule has 7 rings (SSSR count). The summed E-state index contributed by atoms with van der Waals surface area (Å²) >= 11 is 7.47. The van der Waals surface area contributed by atoms with Crippen molar-refractivity contribution in [2.24, 2.45) is 0 Å². The van der Waals surface area contributed by atoms with E-state index >= 15 is 0 Å². The summed E-state index contributed by atoms with van der Waals surface area (Å²) in [5, 5.41) is 7.42. The van der Waals surface area contributed by atoms with Crippen LogP contribution in [0.5, 0.6) is 0 Å². The smallest absolute Gasteiger partial charge is 0.339 e. The van der Waals surface area contributed by atoms with Crippen molar-refractivity contribution < 1.29 is 28.7 Å². The fourth-order valence-corrected chi connectivity index (χ4v) is 8.46. The molecule has 0 atom stereocenters. The Kier molecular flexibility index (Phi) is 9.62. The lowest BCUT2D eigenvalue weighted by Gasteiger charge is -2.16. The quantitative estimate of drug-likeness (QED) is 0.113. The largest absolute Gasteiger partial charge is 0.465 e. The zero-order valence-corrected chi connectivity index (χ0v) is 28.5. The molecule has 0 bridgehead atoms. The van der Waals surface area contributed by atoms with E-state index in [4.69, 9.17) is 9.47 Å². The van der Waals surface area contributed by atoms with Crippen LogP contribution in [-0.4, -0.2) is 55.2 Å². The van der Waals surface area contributed by atoms with E-state index in [0.29, 0.717) is 31.9 Å². The summed E-state index contributed by atoms with van der Waals surface area (Å²) in [6.45, 7) is 0. The van der Waals surface area contributed by atoms with E-state index in [2.05, 4.69) is 17.5 Å². The second-order valence-corrected chi connectivity index (χ2v) is 13.8. The lowest BCUT2D eigenvalue weighted by molar-refractivity contribution is 0.0557. The van der Waals surface area contributed by atoms with E-state index in [9.17, 15) is 19.2 Å². The van der Waals surface area contributed by atoms with Gasteiger partial charge >= 0.3 is 11.9 Å². The van der Waals surface area contributed by atoms with Crippen LogP contribution in [0.2, 0.25) is 0 Å². The van der Waals surface area contributed by atoms with Gasteiger partial charge in [-0.3, -0.25) is 9.59 Å². The maximum absolute atomic E-state index is 12.8. The Morgan fingerprint density at radius 2 is 0.935 bits per heavy atom. The van der Waals surface area contributed by atoms with Crippen LogP contribution in [0.25, 0.3) is 31.9 Å². The van der Waals surface area contributed by atoms with Crippen molar-refractivity contribution >= 4 is 103 Å². The van der Waals surface area contributed by atoms with Gasteiger partial charge in [0.05, 0.1) is 58.6 Å². The third-order valence-corrected chi connectivity index (χ3v) is 11.0. The maximum Gasteiger partial charge on any atom is 0.339 e. The first-order valence-corrected chi connectivity index (χ1v) is 18.0. The lowest BCUT2D eigenvalue weighted by atomic mass is 9.92. The van der Waals surface area contributed by atoms with Crippen molar-refractivity contribution in [3.8, 4) is 20.9 Å². The Balaban J connectivity index is 0.000000172. The Hall–Kier alpha value is -4.32. The summed E-state index contributed by atoms with van der Waals surface area (Å²) in [6, 6.07) is 14.5. The predicted octanol–water partition coefficient (Wildman–Crippen LogP) is 7.84. The van der Waals surface area contributed by atoms with Crippen LogP contribution in [0.3, 0.4) is 0 Å². The number of ether oxygens (including phenoxy) is 2. The second kappa shape index (κ2) is 14.0. The van der Waals surface area contributed by atoms with Gasteiger partial charge in [0.2, 0.25) is 11.6 Å². The van der Waals surface area contributed by atoms with Crippen molar-refractivity contribution in [2.75, 3.05) is 14.2 Å². The fourth-order valence-electron chi connectivity index (χ4n) is 4.47. The highest BCUT2D eigenvalue weighted by Gasteiger charge is 2.33. The molecule has 0 aliphatic rings. The fraction of sp³-hybridized carbons (Fsp3) is 0.0667. The van der Waals surface area contributed by atoms with Gasteiger partial charge in [-0.25, -0.2) is 9.59 Å². The molecule has 0 spiro atoms. The number of hydrogen-bond acceptors (Lipinski definition) is 16. The molecule has 46 heavy (non-hydrogen) atoms. The van der Waals surface area contributed by atoms with Crippen LogP contribution in [-0.2, 0) is 9.47 Å². The standard InChI is InChI=1S/C18H12N2O4S3.C12H6N2O2S3/c1-23-17(21)13-11(9-5-3-7-25-9)15-16(20-27-19-15)12(10-6-4-8-26-10)14(13)18(22)24-2;15-11(7-3-1-5-17-7)9-10(14-19-13-9)12(16)8-4-2-6-18-8/h3-8H,1-2H3;1-6H. The molecule has 6 heterocycles. The van der Waals surface area contributed by atoms with E-state index in [0.717, 1.165) is 33.2 Å². The van der Waals surface area contributed by atoms with Crippen LogP contribution >= 0.6 is 68.8 Å². The molecule has 0 fully saturated rings. The van der Waals surface area contributed by atoms with Gasteiger partial charge in [0.15, 0.2) is 11.4 Å². The number of thiophene rings is 4. The first-order valence-electron chi connectivity index (χ1n) is 13.0. The van der Waals surface area contributed by atoms with Gasteiger partial charge in [-0.1, -0.05) is 24.3 Å². The highest BCUT2D eigenvalue weighted by Crippen LogP contribution is 2.44. The Bertz CT molecular complexity index is 2000. The molecule has 0 aliphatic heterocycles. The number of methoxy groups -OCH3 is 2. The topological polar surface area (TPSA) is 138 Å². The average molecular weight is 723 g/mol. The maximum atomic E-state index is 12.8. The molecule has 6 aromatic heterocycles. The lowest BCUT2D eigenvalue weighted by Crippen LogP contribution is -2.15. The third kappa shape index (κ3) is 5.97. The van der Waals surface area contributed by atoms with Crippen molar-refractivity contribution in [2.45, 2.75) is 0 Å². The van der Waals surface area contributed by atoms with Crippen molar-refractivity contribution in [3.63, 3.8) is 0 Å². The summed E-state index contributed by atoms with van der Waals surface area (Å²) in [4.78, 5) is 52.8. The number of nitrogens with zero attached hydrogens (tertiary/aromatic N) is 4. The molecule has 0 radical (unpaired) electrons. The number of rotatable bonds is 8. The van der Waals surface area contributed by atoms with Crippen LogP contribution in [0.15, 0.2) is 70.1 Å². The summed E-state index contributed by atoms with van der Waals surface area (Å²) < 4.78 is 26.9. The van der Waals surface area contributed by atoms with Gasteiger partial charge in [0.25, 0.3) is 0 Å². The number of esters is 2. The highest BCUT2D eigenvalue weighted by atomic mass is 32.1. The summed E-state index contributed by atoms with van der Waals surface area (Å²) in [6.07, 6.45) is 0. The highest BCUT2D eigenvalue weighted by molar-refractivity contribution is 7.14. The predicted molar refractivity (Wildman–Crippen MR) is 182 cm³/mol. The van der Waals surface area contributed by atoms with Gasteiger partial charge < -0.3 is 9.47 Å². The Morgan fingerprint density at radius 1 is 0.543 bits per heavy atom. The molecular formula is C30H18N4O6S6. The van der Waals surface area contributed by atoms with Crippen molar-refractivity contribution in [1.82, 2.24) is 17.5 Å².